The maximum Gasteiger partial charge on any atom is 0.422 e. The molecule has 0 aromatic heterocycles. The fourth-order valence-corrected chi connectivity index (χ4v) is 1.44. The molecule has 110 valence electrons. The van der Waals surface area contributed by atoms with Gasteiger partial charge in [-0.2, -0.15) is 13.2 Å². The Bertz CT molecular complexity index is 488. The largest absolute Gasteiger partial charge is 0.478 e. The molecule has 0 aliphatic rings. The third-order valence-corrected chi connectivity index (χ3v) is 2.28. The second kappa shape index (κ2) is 6.78. The molecule has 0 bridgehead atoms. The summed E-state index contributed by atoms with van der Waals surface area (Å²) in [6.45, 7) is -1.69. The molecule has 1 rings (SSSR count). The van der Waals surface area contributed by atoms with Gasteiger partial charge in [-0.1, -0.05) is 18.2 Å². The molecule has 8 heteroatoms. The monoisotopic (exact) mass is 291 g/mol. The van der Waals surface area contributed by atoms with Crippen molar-refractivity contribution in [2.45, 2.75) is 12.6 Å². The zero-order valence-electron chi connectivity index (χ0n) is 10.2. The fraction of sp³-hybridized carbons (Fsp3) is 0.333. The number of alkyl halides is 3. The van der Waals surface area contributed by atoms with Crippen molar-refractivity contribution in [1.29, 1.82) is 0 Å². The van der Waals surface area contributed by atoms with Crippen molar-refractivity contribution >= 4 is 12.1 Å². The number of carboxylic acid groups (broad SMARTS) is 1. The number of alkyl carbamates (subject to hydrolysis) is 1. The van der Waals surface area contributed by atoms with Crippen LogP contribution < -0.4 is 5.32 Å². The van der Waals surface area contributed by atoms with Gasteiger partial charge in [-0.3, -0.25) is 0 Å². The normalized spacial score (nSPS) is 10.9. The molecule has 0 atom stereocenters. The Labute approximate surface area is 112 Å². The van der Waals surface area contributed by atoms with E-state index in [9.17, 15) is 22.8 Å². The van der Waals surface area contributed by atoms with Crippen LogP contribution in [0.3, 0.4) is 0 Å². The van der Waals surface area contributed by atoms with Gasteiger partial charge in [0.15, 0.2) is 6.61 Å². The molecule has 0 heterocycles. The number of nitrogens with one attached hydrogen (secondary N) is 1. The quantitative estimate of drug-likeness (QED) is 0.872. The molecule has 2 N–H and O–H groups in total. The first-order valence-corrected chi connectivity index (χ1v) is 5.58. The van der Waals surface area contributed by atoms with Gasteiger partial charge >= 0.3 is 18.2 Å². The van der Waals surface area contributed by atoms with Gasteiger partial charge in [-0.05, 0) is 18.1 Å². The number of carboxylic acids is 1. The average Bonchev–Trinajstić information content (AvgIpc) is 2.36. The van der Waals surface area contributed by atoms with E-state index in [1.54, 1.807) is 18.2 Å². The molecule has 0 radical (unpaired) electrons. The van der Waals surface area contributed by atoms with Gasteiger partial charge in [-0.25, -0.2) is 9.59 Å². The average molecular weight is 291 g/mol. The highest BCUT2D eigenvalue weighted by Gasteiger charge is 2.29. The van der Waals surface area contributed by atoms with E-state index >= 15 is 0 Å². The molecule has 0 saturated carbocycles. The summed E-state index contributed by atoms with van der Waals surface area (Å²) in [6, 6.07) is 6.15. The summed E-state index contributed by atoms with van der Waals surface area (Å²) in [7, 11) is 0. The van der Waals surface area contributed by atoms with Crippen molar-refractivity contribution in [2.75, 3.05) is 13.2 Å². The minimum Gasteiger partial charge on any atom is -0.478 e. The number of halogens is 3. The first-order chi connectivity index (χ1) is 9.29. The Hall–Kier alpha value is -2.25. The number of hydrogen-bond acceptors (Lipinski definition) is 3. The number of hydrogen-bond donors (Lipinski definition) is 2. The molecule has 5 nitrogen and oxygen atoms in total. The van der Waals surface area contributed by atoms with E-state index in [-0.39, 0.29) is 18.5 Å². The number of carbonyl (C=O) groups excluding carboxylic acids is 1. The van der Waals surface area contributed by atoms with Crippen molar-refractivity contribution in [3.05, 3.63) is 35.4 Å². The first kappa shape index (κ1) is 15.8. The SMILES string of the molecule is O=C(NCCc1ccccc1C(=O)O)OCC(F)(F)F. The minimum atomic E-state index is -4.58. The molecule has 20 heavy (non-hydrogen) atoms. The van der Waals surface area contributed by atoms with E-state index in [0.29, 0.717) is 5.56 Å². The fourth-order valence-electron chi connectivity index (χ4n) is 1.44. The molecule has 0 aliphatic carbocycles. The number of carbonyl (C=O) groups is 2. The van der Waals surface area contributed by atoms with E-state index in [4.69, 9.17) is 5.11 Å². The lowest BCUT2D eigenvalue weighted by molar-refractivity contribution is -0.160. The molecular weight excluding hydrogens is 279 g/mol. The molecule has 0 aliphatic heterocycles. The highest BCUT2D eigenvalue weighted by Crippen LogP contribution is 2.14. The van der Waals surface area contributed by atoms with Crippen molar-refractivity contribution < 1.29 is 32.6 Å². The zero-order chi connectivity index (χ0) is 15.2. The zero-order valence-corrected chi connectivity index (χ0v) is 10.2. The van der Waals surface area contributed by atoms with Gasteiger partial charge in [0.25, 0.3) is 0 Å². The van der Waals surface area contributed by atoms with Crippen LogP contribution in [0.15, 0.2) is 24.3 Å². The maximum absolute atomic E-state index is 11.8. The highest BCUT2D eigenvalue weighted by atomic mass is 19.4. The third-order valence-electron chi connectivity index (χ3n) is 2.28. The van der Waals surface area contributed by atoms with Gasteiger partial charge in [0, 0.05) is 6.54 Å². The van der Waals surface area contributed by atoms with Crippen LogP contribution in [0.2, 0.25) is 0 Å². The van der Waals surface area contributed by atoms with Crippen LogP contribution in [0.25, 0.3) is 0 Å². The molecule has 0 fully saturated rings. The van der Waals surface area contributed by atoms with Crippen molar-refractivity contribution in [3.8, 4) is 0 Å². The van der Waals surface area contributed by atoms with Crippen LogP contribution in [-0.2, 0) is 11.2 Å². The molecule has 0 unspecified atom stereocenters. The van der Waals surface area contributed by atoms with E-state index in [1.807, 2.05) is 0 Å². The lowest BCUT2D eigenvalue weighted by Crippen LogP contribution is -2.30. The first-order valence-electron chi connectivity index (χ1n) is 5.58. The van der Waals surface area contributed by atoms with Crippen LogP contribution >= 0.6 is 0 Å². The smallest absolute Gasteiger partial charge is 0.422 e. The Morgan fingerprint density at radius 2 is 1.90 bits per heavy atom. The van der Waals surface area contributed by atoms with Crippen LogP contribution in [0.4, 0.5) is 18.0 Å². The van der Waals surface area contributed by atoms with E-state index in [2.05, 4.69) is 10.1 Å². The number of benzene rings is 1. The van der Waals surface area contributed by atoms with Crippen LogP contribution in [0.5, 0.6) is 0 Å². The molecule has 1 amide bonds. The van der Waals surface area contributed by atoms with Gasteiger partial charge in [-0.15, -0.1) is 0 Å². The predicted octanol–water partition coefficient (Wildman–Crippen LogP) is 2.22. The van der Waals surface area contributed by atoms with Crippen molar-refractivity contribution in [1.82, 2.24) is 5.32 Å². The Kier molecular flexibility index (Phi) is 5.36. The van der Waals surface area contributed by atoms with Crippen molar-refractivity contribution in [3.63, 3.8) is 0 Å². The van der Waals surface area contributed by atoms with E-state index < -0.39 is 24.8 Å². The summed E-state index contributed by atoms with van der Waals surface area (Å²) in [5, 5.41) is 11.0. The summed E-state index contributed by atoms with van der Waals surface area (Å²) in [4.78, 5) is 21.8. The molecule has 0 saturated heterocycles. The van der Waals surface area contributed by atoms with E-state index in [0.717, 1.165) is 0 Å². The summed E-state index contributed by atoms with van der Waals surface area (Å²) in [5.41, 5.74) is 0.550. The lowest BCUT2D eigenvalue weighted by atomic mass is 10.0. The molecular formula is C12H12F3NO4. The van der Waals surface area contributed by atoms with Gasteiger partial charge < -0.3 is 15.2 Å². The highest BCUT2D eigenvalue weighted by molar-refractivity contribution is 5.89. The Morgan fingerprint density at radius 3 is 2.50 bits per heavy atom. The van der Waals surface area contributed by atoms with Gasteiger partial charge in [0.2, 0.25) is 0 Å². The standard InChI is InChI=1S/C12H12F3NO4/c13-12(14,15)7-20-11(19)16-6-5-8-3-1-2-4-9(8)10(17)18/h1-4H,5-7H2,(H,16,19)(H,17,18). The number of ether oxygens (including phenoxy) is 1. The number of rotatable bonds is 5. The summed E-state index contributed by atoms with van der Waals surface area (Å²) in [6.07, 6.45) is -5.60. The second-order valence-corrected chi connectivity index (χ2v) is 3.83. The lowest BCUT2D eigenvalue weighted by Gasteiger charge is -2.09. The Morgan fingerprint density at radius 1 is 1.25 bits per heavy atom. The second-order valence-electron chi connectivity index (χ2n) is 3.83. The topological polar surface area (TPSA) is 75.6 Å². The third kappa shape index (κ3) is 5.59. The Balaban J connectivity index is 2.41. The molecule has 1 aromatic carbocycles. The summed E-state index contributed by atoms with van der Waals surface area (Å²) < 4.78 is 39.3. The van der Waals surface area contributed by atoms with Crippen LogP contribution in [0, 0.1) is 0 Å². The van der Waals surface area contributed by atoms with Gasteiger partial charge in [0.1, 0.15) is 0 Å². The van der Waals surface area contributed by atoms with Crippen LogP contribution in [-0.4, -0.2) is 36.5 Å². The number of aromatic carboxylic acids is 1. The predicted molar refractivity (Wildman–Crippen MR) is 62.5 cm³/mol. The molecule has 0 spiro atoms. The molecule has 1 aromatic rings. The van der Waals surface area contributed by atoms with E-state index in [1.165, 1.54) is 6.07 Å². The van der Waals surface area contributed by atoms with Crippen LogP contribution in [0.1, 0.15) is 15.9 Å². The number of amides is 1. The maximum atomic E-state index is 11.8. The summed E-state index contributed by atoms with van der Waals surface area (Å²) in [5.74, 6) is -1.11. The minimum absolute atomic E-state index is 0.0268. The van der Waals surface area contributed by atoms with Gasteiger partial charge in [0.05, 0.1) is 5.56 Å². The van der Waals surface area contributed by atoms with Crippen molar-refractivity contribution in [2.24, 2.45) is 0 Å². The summed E-state index contributed by atoms with van der Waals surface area (Å²) >= 11 is 0.